The first kappa shape index (κ1) is 19.6. The second-order valence-corrected chi connectivity index (χ2v) is 7.69. The molecule has 0 spiro atoms. The number of nitrogens with zero attached hydrogens (tertiary/aromatic N) is 1. The van der Waals surface area contributed by atoms with E-state index in [4.69, 9.17) is 10.5 Å². The highest BCUT2D eigenvalue weighted by Gasteiger charge is 2.03. The Morgan fingerprint density at radius 2 is 1.61 bits per heavy atom. The van der Waals surface area contributed by atoms with Crippen LogP contribution in [-0.4, -0.2) is 22.5 Å². The highest BCUT2D eigenvalue weighted by Crippen LogP contribution is 2.23. The summed E-state index contributed by atoms with van der Waals surface area (Å²) < 4.78 is 17.9. The quantitative estimate of drug-likeness (QED) is 0.445. The highest BCUT2D eigenvalue weighted by molar-refractivity contribution is 7.84. The van der Waals surface area contributed by atoms with Crippen molar-refractivity contribution in [3.63, 3.8) is 0 Å². The number of aliphatic imine (C=N–C) groups is 1. The summed E-state index contributed by atoms with van der Waals surface area (Å²) in [7, 11) is -0.971. The number of hydrogen-bond donors (Lipinski definition) is 2. The molecule has 5 nitrogen and oxygen atoms in total. The van der Waals surface area contributed by atoms with Crippen LogP contribution < -0.4 is 15.8 Å². The lowest BCUT2D eigenvalue weighted by Crippen LogP contribution is -2.23. The van der Waals surface area contributed by atoms with Crippen molar-refractivity contribution in [3.8, 4) is 11.5 Å². The lowest BCUT2D eigenvalue weighted by Gasteiger charge is -2.09. The van der Waals surface area contributed by atoms with Crippen molar-refractivity contribution < 1.29 is 8.95 Å². The number of anilines is 1. The van der Waals surface area contributed by atoms with Crippen molar-refractivity contribution in [1.82, 2.24) is 0 Å². The topological polar surface area (TPSA) is 76.7 Å². The Balaban J connectivity index is 1.49. The van der Waals surface area contributed by atoms with E-state index in [9.17, 15) is 4.21 Å². The fourth-order valence-electron chi connectivity index (χ4n) is 2.55. The lowest BCUT2D eigenvalue weighted by atomic mass is 10.2. The summed E-state index contributed by atoms with van der Waals surface area (Å²) >= 11 is 0. The largest absolute Gasteiger partial charge is 0.457 e. The summed E-state index contributed by atoms with van der Waals surface area (Å²) in [6, 6.07) is 26.8. The van der Waals surface area contributed by atoms with Gasteiger partial charge >= 0.3 is 0 Å². The standard InChI is InChI=1S/C22H23N3O2S/c23-22(24-14-15-28(26)17-18-8-3-1-4-9-18)25-19-10-7-13-21(16-19)27-20-11-5-2-6-12-20/h1-13,16H,14-15,17H2,(H3,23,24,25). The van der Waals surface area contributed by atoms with E-state index in [0.717, 1.165) is 17.0 Å². The molecule has 144 valence electrons. The first-order chi connectivity index (χ1) is 13.7. The molecule has 0 aliphatic carbocycles. The molecule has 6 heteroatoms. The van der Waals surface area contributed by atoms with E-state index in [1.165, 1.54) is 0 Å². The van der Waals surface area contributed by atoms with Gasteiger partial charge in [-0.2, -0.15) is 0 Å². The van der Waals surface area contributed by atoms with Gasteiger partial charge in [0.25, 0.3) is 0 Å². The predicted molar refractivity (Wildman–Crippen MR) is 116 cm³/mol. The molecule has 1 atom stereocenters. The van der Waals surface area contributed by atoms with Crippen molar-refractivity contribution in [2.45, 2.75) is 5.75 Å². The van der Waals surface area contributed by atoms with Gasteiger partial charge in [0, 0.05) is 34.1 Å². The van der Waals surface area contributed by atoms with E-state index in [-0.39, 0.29) is 5.96 Å². The number of nitrogens with two attached hydrogens (primary N) is 1. The molecule has 0 saturated heterocycles. The second kappa shape index (κ2) is 10.3. The van der Waals surface area contributed by atoms with E-state index >= 15 is 0 Å². The summed E-state index contributed by atoms with van der Waals surface area (Å²) in [4.78, 5) is 4.26. The number of hydrogen-bond acceptors (Lipinski definition) is 3. The van der Waals surface area contributed by atoms with Crippen LogP contribution in [0.1, 0.15) is 5.56 Å². The predicted octanol–water partition coefficient (Wildman–Crippen LogP) is 4.15. The molecule has 3 rings (SSSR count). The van der Waals surface area contributed by atoms with Gasteiger partial charge < -0.3 is 15.8 Å². The average Bonchev–Trinajstić information content (AvgIpc) is 2.70. The Morgan fingerprint density at radius 1 is 0.929 bits per heavy atom. The van der Waals surface area contributed by atoms with Crippen LogP contribution in [-0.2, 0) is 16.6 Å². The molecular weight excluding hydrogens is 370 g/mol. The Bertz CT molecular complexity index is 931. The monoisotopic (exact) mass is 393 g/mol. The van der Waals surface area contributed by atoms with Crippen LogP contribution in [0.5, 0.6) is 11.5 Å². The normalized spacial score (nSPS) is 12.4. The molecule has 0 fully saturated rings. The maximum absolute atomic E-state index is 12.1. The third kappa shape index (κ3) is 6.55. The molecule has 0 aliphatic rings. The zero-order valence-electron chi connectivity index (χ0n) is 15.5. The number of benzene rings is 3. The highest BCUT2D eigenvalue weighted by atomic mass is 32.2. The van der Waals surface area contributed by atoms with Gasteiger partial charge in [0.1, 0.15) is 11.5 Å². The number of nitrogens with one attached hydrogen (secondary N) is 1. The number of guanidine groups is 1. The minimum absolute atomic E-state index is 0.286. The van der Waals surface area contributed by atoms with Crippen LogP contribution >= 0.6 is 0 Å². The van der Waals surface area contributed by atoms with Crippen molar-refractivity contribution in [2.75, 3.05) is 17.6 Å². The summed E-state index contributed by atoms with van der Waals surface area (Å²) in [6.45, 7) is 0.401. The Labute approximate surface area is 167 Å². The minimum Gasteiger partial charge on any atom is -0.457 e. The van der Waals surface area contributed by atoms with Gasteiger partial charge in [-0.05, 0) is 29.8 Å². The molecule has 0 bridgehead atoms. The molecule has 0 amide bonds. The average molecular weight is 394 g/mol. The first-order valence-corrected chi connectivity index (χ1v) is 10.5. The molecule has 0 saturated carbocycles. The maximum Gasteiger partial charge on any atom is 0.193 e. The molecule has 3 aromatic rings. The summed E-state index contributed by atoms with van der Waals surface area (Å²) in [5.74, 6) is 2.75. The van der Waals surface area contributed by atoms with Gasteiger partial charge in [-0.1, -0.05) is 54.6 Å². The molecule has 3 N–H and O–H groups in total. The molecule has 1 unspecified atom stereocenters. The van der Waals surface area contributed by atoms with E-state index in [2.05, 4.69) is 10.3 Å². The van der Waals surface area contributed by atoms with Crippen molar-refractivity contribution in [1.29, 1.82) is 0 Å². The van der Waals surface area contributed by atoms with Gasteiger partial charge in [0.05, 0.1) is 6.54 Å². The molecule has 0 radical (unpaired) electrons. The van der Waals surface area contributed by atoms with Crippen LogP contribution in [0.3, 0.4) is 0 Å². The summed E-state index contributed by atoms with van der Waals surface area (Å²) in [5.41, 5.74) is 7.79. The maximum atomic E-state index is 12.1. The van der Waals surface area contributed by atoms with Crippen LogP contribution in [0.2, 0.25) is 0 Å². The Kier molecular flexibility index (Phi) is 7.21. The number of rotatable bonds is 8. The van der Waals surface area contributed by atoms with E-state index in [1.54, 1.807) is 0 Å². The van der Waals surface area contributed by atoms with Gasteiger partial charge in [-0.25, -0.2) is 0 Å². The van der Waals surface area contributed by atoms with E-state index in [1.807, 2.05) is 84.9 Å². The van der Waals surface area contributed by atoms with Crippen molar-refractivity contribution >= 4 is 22.4 Å². The first-order valence-electron chi connectivity index (χ1n) is 8.98. The van der Waals surface area contributed by atoms with E-state index in [0.29, 0.717) is 23.8 Å². The fourth-order valence-corrected chi connectivity index (χ4v) is 3.55. The van der Waals surface area contributed by atoms with Gasteiger partial charge in [0.15, 0.2) is 5.96 Å². The Hall–Kier alpha value is -3.12. The smallest absolute Gasteiger partial charge is 0.193 e. The van der Waals surface area contributed by atoms with Crippen LogP contribution in [0.25, 0.3) is 0 Å². The Morgan fingerprint density at radius 3 is 2.36 bits per heavy atom. The lowest BCUT2D eigenvalue weighted by molar-refractivity contribution is 0.483. The van der Waals surface area contributed by atoms with Crippen LogP contribution in [0.4, 0.5) is 5.69 Å². The third-order valence-electron chi connectivity index (χ3n) is 3.86. The second-order valence-electron chi connectivity index (χ2n) is 6.11. The fraction of sp³-hybridized carbons (Fsp3) is 0.136. The minimum atomic E-state index is -0.971. The van der Waals surface area contributed by atoms with Crippen LogP contribution in [0.15, 0.2) is 89.9 Å². The summed E-state index contributed by atoms with van der Waals surface area (Å²) in [5, 5.41) is 3.04. The molecular formula is C22H23N3O2S. The molecule has 28 heavy (non-hydrogen) atoms. The van der Waals surface area contributed by atoms with Crippen LogP contribution in [0, 0.1) is 0 Å². The number of para-hydroxylation sites is 1. The molecule has 3 aromatic carbocycles. The summed E-state index contributed by atoms with van der Waals surface area (Å²) in [6.07, 6.45) is 0. The molecule has 0 aromatic heterocycles. The molecule has 0 heterocycles. The SMILES string of the molecule is NC(=NCCS(=O)Cc1ccccc1)Nc1cccc(Oc2ccccc2)c1. The zero-order valence-corrected chi connectivity index (χ0v) is 16.3. The third-order valence-corrected chi connectivity index (χ3v) is 5.15. The number of ether oxygens (including phenoxy) is 1. The molecule has 0 aliphatic heterocycles. The van der Waals surface area contributed by atoms with Gasteiger partial charge in [-0.15, -0.1) is 0 Å². The van der Waals surface area contributed by atoms with E-state index < -0.39 is 10.8 Å². The van der Waals surface area contributed by atoms with Gasteiger partial charge in [0.2, 0.25) is 0 Å². The van der Waals surface area contributed by atoms with Crippen molar-refractivity contribution in [3.05, 3.63) is 90.5 Å². The van der Waals surface area contributed by atoms with Crippen molar-refractivity contribution in [2.24, 2.45) is 10.7 Å². The zero-order chi connectivity index (χ0) is 19.6. The van der Waals surface area contributed by atoms with Gasteiger partial charge in [-0.3, -0.25) is 9.20 Å².